The average molecular weight is 378 g/mol. The van der Waals surface area contributed by atoms with E-state index in [0.29, 0.717) is 6.54 Å². The first-order valence-corrected chi connectivity index (χ1v) is 8.20. The van der Waals surface area contributed by atoms with E-state index in [-0.39, 0.29) is 18.0 Å². The third-order valence-electron chi connectivity index (χ3n) is 3.04. The first-order valence-electron chi connectivity index (χ1n) is 6.59. The van der Waals surface area contributed by atoms with Crippen LogP contribution < -0.4 is 10.9 Å². The maximum Gasteiger partial charge on any atom is 0.251 e. The Labute approximate surface area is 138 Å². The summed E-state index contributed by atoms with van der Waals surface area (Å²) in [4.78, 5) is 28.1. The van der Waals surface area contributed by atoms with E-state index in [1.54, 1.807) is 23.6 Å². The summed E-state index contributed by atoms with van der Waals surface area (Å²) >= 11 is 4.83. The fraction of sp³-hybridized carbons (Fsp3) is 0.133. The van der Waals surface area contributed by atoms with Crippen molar-refractivity contribution in [2.24, 2.45) is 0 Å². The Bertz CT molecular complexity index is 855. The normalized spacial score (nSPS) is 10.8. The van der Waals surface area contributed by atoms with Gasteiger partial charge in [0.2, 0.25) is 5.91 Å². The number of para-hydroxylation sites is 1. The Kier molecular flexibility index (Phi) is 4.35. The molecule has 3 aromatic rings. The van der Waals surface area contributed by atoms with Gasteiger partial charge in [-0.1, -0.05) is 12.1 Å². The lowest BCUT2D eigenvalue weighted by molar-refractivity contribution is -0.121. The zero-order valence-electron chi connectivity index (χ0n) is 11.5. The van der Waals surface area contributed by atoms with Crippen molar-refractivity contribution in [2.45, 2.75) is 13.1 Å². The van der Waals surface area contributed by atoms with Gasteiger partial charge in [0.05, 0.1) is 16.8 Å². The molecule has 2 aromatic heterocycles. The molecule has 1 aromatic carbocycles. The summed E-state index contributed by atoms with van der Waals surface area (Å²) in [5.74, 6) is -0.223. The van der Waals surface area contributed by atoms with E-state index in [1.165, 1.54) is 10.6 Å². The molecule has 0 radical (unpaired) electrons. The van der Waals surface area contributed by atoms with Gasteiger partial charge >= 0.3 is 0 Å². The highest BCUT2D eigenvalue weighted by molar-refractivity contribution is 9.10. The second kappa shape index (κ2) is 6.41. The molecule has 0 fully saturated rings. The van der Waals surface area contributed by atoms with Gasteiger partial charge in [-0.2, -0.15) is 0 Å². The molecule has 0 bridgehead atoms. The lowest BCUT2D eigenvalue weighted by Crippen LogP contribution is -2.31. The predicted octanol–water partition coefficient (Wildman–Crippen LogP) is 2.54. The molecule has 5 nitrogen and oxygen atoms in total. The number of pyridine rings is 1. The predicted molar refractivity (Wildman–Crippen MR) is 89.9 cm³/mol. The summed E-state index contributed by atoms with van der Waals surface area (Å²) in [6.45, 7) is 0.351. The van der Waals surface area contributed by atoms with Gasteiger partial charge in [-0.15, -0.1) is 11.3 Å². The molecule has 0 aliphatic heterocycles. The fourth-order valence-electron chi connectivity index (χ4n) is 2.01. The Hall–Kier alpha value is -1.99. The van der Waals surface area contributed by atoms with Crippen LogP contribution in [0.25, 0.3) is 10.2 Å². The number of fused-ring (bicyclic) bond motifs is 1. The van der Waals surface area contributed by atoms with Crippen LogP contribution in [0, 0.1) is 0 Å². The van der Waals surface area contributed by atoms with Crippen LogP contribution in [0.2, 0.25) is 0 Å². The number of thiazole rings is 1. The number of nitrogens with one attached hydrogen (secondary N) is 1. The molecule has 22 heavy (non-hydrogen) atoms. The van der Waals surface area contributed by atoms with Crippen LogP contribution in [0.5, 0.6) is 0 Å². The first kappa shape index (κ1) is 14.9. The number of hydrogen-bond donors (Lipinski definition) is 1. The average Bonchev–Trinajstić information content (AvgIpc) is 2.92. The molecule has 0 aliphatic carbocycles. The van der Waals surface area contributed by atoms with E-state index in [9.17, 15) is 9.59 Å². The minimum absolute atomic E-state index is 0.0107. The maximum atomic E-state index is 12.0. The molecular weight excluding hydrogens is 366 g/mol. The number of rotatable bonds is 4. The Morgan fingerprint density at radius 1 is 1.27 bits per heavy atom. The number of hydrogen-bond acceptors (Lipinski definition) is 4. The molecule has 112 valence electrons. The van der Waals surface area contributed by atoms with Crippen LogP contribution >= 0.6 is 27.3 Å². The summed E-state index contributed by atoms with van der Waals surface area (Å²) in [7, 11) is 0. The second-order valence-corrected chi connectivity index (χ2v) is 6.70. The van der Waals surface area contributed by atoms with E-state index < -0.39 is 0 Å². The van der Waals surface area contributed by atoms with Gasteiger partial charge in [-0.25, -0.2) is 4.98 Å². The zero-order valence-corrected chi connectivity index (χ0v) is 13.9. The first-order chi connectivity index (χ1) is 10.6. The van der Waals surface area contributed by atoms with Crippen LogP contribution in [-0.2, 0) is 17.9 Å². The van der Waals surface area contributed by atoms with Crippen molar-refractivity contribution in [3.8, 4) is 0 Å². The SMILES string of the molecule is O=C(Cn1cc(Br)ccc1=O)NCc1nc2ccccc2s1. The van der Waals surface area contributed by atoms with Crippen molar-refractivity contribution < 1.29 is 4.79 Å². The quantitative estimate of drug-likeness (QED) is 0.759. The van der Waals surface area contributed by atoms with Gasteiger partial charge < -0.3 is 9.88 Å². The number of carbonyl (C=O) groups excluding carboxylic acids is 1. The van der Waals surface area contributed by atoms with Crippen LogP contribution in [0.4, 0.5) is 0 Å². The molecule has 0 atom stereocenters. The van der Waals surface area contributed by atoms with Crippen LogP contribution in [0.3, 0.4) is 0 Å². The van der Waals surface area contributed by atoms with Gasteiger partial charge in [-0.3, -0.25) is 9.59 Å². The topological polar surface area (TPSA) is 64.0 Å². The fourth-order valence-corrected chi connectivity index (χ4v) is 3.29. The number of amides is 1. The van der Waals surface area contributed by atoms with E-state index in [0.717, 1.165) is 19.7 Å². The van der Waals surface area contributed by atoms with E-state index in [2.05, 4.69) is 26.2 Å². The molecule has 2 heterocycles. The number of benzene rings is 1. The molecule has 0 saturated heterocycles. The summed E-state index contributed by atoms with van der Waals surface area (Å²) in [6.07, 6.45) is 1.60. The highest BCUT2D eigenvalue weighted by Gasteiger charge is 2.07. The summed E-state index contributed by atoms with van der Waals surface area (Å²) in [5.41, 5.74) is 0.721. The standard InChI is InChI=1S/C15H12BrN3O2S/c16-10-5-6-15(21)19(8-10)9-13(20)17-7-14-18-11-3-1-2-4-12(11)22-14/h1-6,8H,7,9H2,(H,17,20). The van der Waals surface area contributed by atoms with Crippen molar-refractivity contribution in [3.05, 3.63) is 62.4 Å². The van der Waals surface area contributed by atoms with Crippen molar-refractivity contribution in [3.63, 3.8) is 0 Å². The molecule has 0 unspecified atom stereocenters. The molecule has 0 aliphatic rings. The molecule has 0 saturated carbocycles. The third kappa shape index (κ3) is 3.42. The van der Waals surface area contributed by atoms with Crippen LogP contribution in [-0.4, -0.2) is 15.5 Å². The molecule has 0 spiro atoms. The Morgan fingerprint density at radius 2 is 2.09 bits per heavy atom. The smallest absolute Gasteiger partial charge is 0.251 e. The van der Waals surface area contributed by atoms with Crippen molar-refractivity contribution >= 4 is 43.4 Å². The highest BCUT2D eigenvalue weighted by Crippen LogP contribution is 2.21. The number of halogens is 1. The number of carbonyl (C=O) groups is 1. The number of aromatic nitrogens is 2. The van der Waals surface area contributed by atoms with Crippen LogP contribution in [0.15, 0.2) is 51.9 Å². The van der Waals surface area contributed by atoms with Gasteiger partial charge in [0.15, 0.2) is 0 Å². The van der Waals surface area contributed by atoms with Gasteiger partial charge in [-0.05, 0) is 34.1 Å². The van der Waals surface area contributed by atoms with Gasteiger partial charge in [0.1, 0.15) is 11.6 Å². The second-order valence-electron chi connectivity index (χ2n) is 4.67. The minimum atomic E-state index is -0.223. The van der Waals surface area contributed by atoms with Crippen LogP contribution in [0.1, 0.15) is 5.01 Å². The Morgan fingerprint density at radius 3 is 2.91 bits per heavy atom. The van der Waals surface area contributed by atoms with Gasteiger partial charge in [0, 0.05) is 16.7 Å². The molecular formula is C15H12BrN3O2S. The molecule has 7 heteroatoms. The maximum absolute atomic E-state index is 12.0. The van der Waals surface area contributed by atoms with Crippen molar-refractivity contribution in [1.82, 2.24) is 14.9 Å². The van der Waals surface area contributed by atoms with E-state index in [1.807, 2.05) is 24.3 Å². The summed E-state index contributed by atoms with van der Waals surface area (Å²) in [6, 6.07) is 10.9. The lowest BCUT2D eigenvalue weighted by Gasteiger charge is -2.06. The summed E-state index contributed by atoms with van der Waals surface area (Å²) in [5, 5.41) is 3.63. The summed E-state index contributed by atoms with van der Waals surface area (Å²) < 4.78 is 3.21. The minimum Gasteiger partial charge on any atom is -0.348 e. The van der Waals surface area contributed by atoms with E-state index >= 15 is 0 Å². The van der Waals surface area contributed by atoms with Crippen molar-refractivity contribution in [2.75, 3.05) is 0 Å². The molecule has 3 rings (SSSR count). The molecule has 1 amide bonds. The number of nitrogens with zero attached hydrogens (tertiary/aromatic N) is 2. The third-order valence-corrected chi connectivity index (χ3v) is 4.54. The highest BCUT2D eigenvalue weighted by atomic mass is 79.9. The monoisotopic (exact) mass is 377 g/mol. The van der Waals surface area contributed by atoms with E-state index in [4.69, 9.17) is 0 Å². The lowest BCUT2D eigenvalue weighted by atomic mass is 10.3. The van der Waals surface area contributed by atoms with Gasteiger partial charge in [0.25, 0.3) is 5.56 Å². The zero-order chi connectivity index (χ0) is 15.5. The van der Waals surface area contributed by atoms with Crippen molar-refractivity contribution in [1.29, 1.82) is 0 Å². The molecule has 1 N–H and O–H groups in total. The Balaban J connectivity index is 1.64. The largest absolute Gasteiger partial charge is 0.348 e.